The quantitative estimate of drug-likeness (QED) is 0.255. The summed E-state index contributed by atoms with van der Waals surface area (Å²) in [5.41, 5.74) is 9.80. The van der Waals surface area contributed by atoms with Crippen molar-refractivity contribution in [1.29, 1.82) is 0 Å². The number of ether oxygens (including phenoxy) is 3. The van der Waals surface area contributed by atoms with E-state index in [-0.39, 0.29) is 13.2 Å². The molecule has 0 rings (SSSR count). The van der Waals surface area contributed by atoms with Gasteiger partial charge in [-0.2, -0.15) is 0 Å². The maximum Gasteiger partial charge on any atom is 0.404 e. The predicted octanol–water partition coefficient (Wildman–Crippen LogP) is 1.23. The molecule has 2 amide bonds. The van der Waals surface area contributed by atoms with Crippen LogP contribution in [-0.4, -0.2) is 37.5 Å². The maximum absolute atomic E-state index is 10.9. The molecule has 0 saturated heterocycles. The molecule has 0 fully saturated rings. The highest BCUT2D eigenvalue weighted by atomic mass is 16.6. The SMILES string of the molecule is C=CC(=O)OCCC(CCCCCOC(N)=O)OC(N)=O. The first-order valence-electron chi connectivity index (χ1n) is 6.63. The first kappa shape index (κ1) is 18.8. The molecular formula is C13H22N2O6. The van der Waals surface area contributed by atoms with Crippen molar-refractivity contribution in [2.45, 2.75) is 38.2 Å². The molecule has 0 saturated carbocycles. The second-order valence-corrected chi connectivity index (χ2v) is 4.24. The van der Waals surface area contributed by atoms with Gasteiger partial charge in [-0.25, -0.2) is 14.4 Å². The zero-order valence-electron chi connectivity index (χ0n) is 11.9. The summed E-state index contributed by atoms with van der Waals surface area (Å²) in [5.74, 6) is -0.531. The highest BCUT2D eigenvalue weighted by Gasteiger charge is 2.13. The molecule has 0 spiro atoms. The van der Waals surface area contributed by atoms with Crippen LogP contribution in [0.3, 0.4) is 0 Å². The molecule has 0 heterocycles. The summed E-state index contributed by atoms with van der Waals surface area (Å²) in [6, 6.07) is 0. The summed E-state index contributed by atoms with van der Waals surface area (Å²) in [4.78, 5) is 32.0. The lowest BCUT2D eigenvalue weighted by Crippen LogP contribution is -2.24. The van der Waals surface area contributed by atoms with Crippen LogP contribution in [0.2, 0.25) is 0 Å². The van der Waals surface area contributed by atoms with E-state index in [4.69, 9.17) is 20.9 Å². The minimum atomic E-state index is -0.868. The summed E-state index contributed by atoms with van der Waals surface area (Å²) in [7, 11) is 0. The van der Waals surface area contributed by atoms with Crippen molar-refractivity contribution in [2.75, 3.05) is 13.2 Å². The van der Waals surface area contributed by atoms with Gasteiger partial charge in [-0.3, -0.25) is 0 Å². The Balaban J connectivity index is 3.84. The second-order valence-electron chi connectivity index (χ2n) is 4.24. The van der Waals surface area contributed by atoms with Crippen molar-refractivity contribution < 1.29 is 28.6 Å². The van der Waals surface area contributed by atoms with Gasteiger partial charge in [0.15, 0.2) is 0 Å². The van der Waals surface area contributed by atoms with Crippen LogP contribution in [0, 0.1) is 0 Å². The number of carbonyl (C=O) groups is 3. The minimum Gasteiger partial charge on any atom is -0.462 e. The normalized spacial score (nSPS) is 11.2. The predicted molar refractivity (Wildman–Crippen MR) is 74.2 cm³/mol. The fraction of sp³-hybridized carbons (Fsp3) is 0.615. The van der Waals surface area contributed by atoms with Gasteiger partial charge >= 0.3 is 18.2 Å². The first-order valence-corrected chi connectivity index (χ1v) is 6.63. The lowest BCUT2D eigenvalue weighted by molar-refractivity contribution is -0.138. The van der Waals surface area contributed by atoms with Crippen molar-refractivity contribution >= 4 is 18.2 Å². The Kier molecular flexibility index (Phi) is 10.3. The number of amides is 2. The number of hydrogen-bond acceptors (Lipinski definition) is 6. The summed E-state index contributed by atoms with van der Waals surface area (Å²) >= 11 is 0. The average molecular weight is 302 g/mol. The summed E-state index contributed by atoms with van der Waals surface area (Å²) in [6.07, 6.45) is 2.10. The van der Waals surface area contributed by atoms with Crippen LogP contribution >= 0.6 is 0 Å². The third-order valence-corrected chi connectivity index (χ3v) is 2.55. The van der Waals surface area contributed by atoms with Gasteiger partial charge in [0.2, 0.25) is 0 Å². The van der Waals surface area contributed by atoms with Crippen LogP contribution in [-0.2, 0) is 19.0 Å². The fourth-order valence-corrected chi connectivity index (χ4v) is 1.60. The molecular weight excluding hydrogens is 280 g/mol. The standard InChI is InChI=1S/C13H22N2O6/c1-2-11(16)19-9-7-10(21-13(15)18)6-4-3-5-8-20-12(14)17/h2,10H,1,3-9H2,(H2,14,17)(H2,15,18). The minimum absolute atomic E-state index is 0.119. The number of primary amides is 2. The lowest BCUT2D eigenvalue weighted by atomic mass is 10.1. The first-order chi connectivity index (χ1) is 9.95. The Morgan fingerprint density at radius 2 is 1.67 bits per heavy atom. The molecule has 0 aromatic heterocycles. The van der Waals surface area contributed by atoms with Gasteiger partial charge in [0.25, 0.3) is 0 Å². The second kappa shape index (κ2) is 11.6. The van der Waals surface area contributed by atoms with Crippen molar-refractivity contribution in [1.82, 2.24) is 0 Å². The monoisotopic (exact) mass is 302 g/mol. The van der Waals surface area contributed by atoms with Crippen molar-refractivity contribution in [2.24, 2.45) is 11.5 Å². The van der Waals surface area contributed by atoms with E-state index < -0.39 is 24.3 Å². The van der Waals surface area contributed by atoms with Gasteiger partial charge < -0.3 is 25.7 Å². The molecule has 21 heavy (non-hydrogen) atoms. The zero-order valence-corrected chi connectivity index (χ0v) is 11.9. The van der Waals surface area contributed by atoms with Gasteiger partial charge in [0.1, 0.15) is 6.10 Å². The van der Waals surface area contributed by atoms with Crippen LogP contribution in [0.25, 0.3) is 0 Å². The Morgan fingerprint density at radius 3 is 2.24 bits per heavy atom. The van der Waals surface area contributed by atoms with E-state index in [9.17, 15) is 14.4 Å². The van der Waals surface area contributed by atoms with E-state index in [1.165, 1.54) is 0 Å². The number of esters is 1. The Bertz CT molecular complexity index is 359. The van der Waals surface area contributed by atoms with Crippen molar-refractivity contribution in [3.8, 4) is 0 Å². The number of carbonyl (C=O) groups excluding carboxylic acids is 3. The van der Waals surface area contributed by atoms with Crippen LogP contribution < -0.4 is 11.5 Å². The van der Waals surface area contributed by atoms with E-state index >= 15 is 0 Å². The van der Waals surface area contributed by atoms with Gasteiger partial charge in [0, 0.05) is 12.5 Å². The number of rotatable bonds is 11. The molecule has 1 unspecified atom stereocenters. The fourth-order valence-electron chi connectivity index (χ4n) is 1.60. The third-order valence-electron chi connectivity index (χ3n) is 2.55. The van der Waals surface area contributed by atoms with Gasteiger partial charge in [0.05, 0.1) is 13.2 Å². The van der Waals surface area contributed by atoms with Gasteiger partial charge in [-0.05, 0) is 25.7 Å². The Morgan fingerprint density at radius 1 is 0.952 bits per heavy atom. The largest absolute Gasteiger partial charge is 0.462 e. The molecule has 4 N–H and O–H groups in total. The molecule has 0 bridgehead atoms. The van der Waals surface area contributed by atoms with Crippen LogP contribution in [0.4, 0.5) is 9.59 Å². The topological polar surface area (TPSA) is 131 Å². The molecule has 120 valence electrons. The lowest BCUT2D eigenvalue weighted by Gasteiger charge is -2.16. The smallest absolute Gasteiger partial charge is 0.404 e. The molecule has 0 aromatic carbocycles. The van der Waals surface area contributed by atoms with E-state index in [0.29, 0.717) is 19.3 Å². The molecule has 8 heteroatoms. The van der Waals surface area contributed by atoms with E-state index in [1.807, 2.05) is 0 Å². The summed E-state index contributed by atoms with van der Waals surface area (Å²) in [5, 5.41) is 0. The van der Waals surface area contributed by atoms with Crippen LogP contribution in [0.1, 0.15) is 32.1 Å². The average Bonchev–Trinajstić information content (AvgIpc) is 2.41. The van der Waals surface area contributed by atoms with Gasteiger partial charge in [-0.1, -0.05) is 6.58 Å². The Labute approximate surface area is 123 Å². The van der Waals surface area contributed by atoms with E-state index in [2.05, 4.69) is 11.3 Å². The number of hydrogen-bond donors (Lipinski definition) is 2. The van der Waals surface area contributed by atoms with Gasteiger partial charge in [-0.15, -0.1) is 0 Å². The van der Waals surface area contributed by atoms with Crippen LogP contribution in [0.15, 0.2) is 12.7 Å². The number of nitrogens with two attached hydrogens (primary N) is 2. The summed E-state index contributed by atoms with van der Waals surface area (Å²) < 4.78 is 14.3. The van der Waals surface area contributed by atoms with E-state index in [0.717, 1.165) is 18.9 Å². The molecule has 8 nitrogen and oxygen atoms in total. The third kappa shape index (κ3) is 12.5. The highest BCUT2D eigenvalue weighted by molar-refractivity contribution is 5.81. The van der Waals surface area contributed by atoms with Crippen molar-refractivity contribution in [3.63, 3.8) is 0 Å². The summed E-state index contributed by atoms with van der Waals surface area (Å²) in [6.45, 7) is 3.65. The number of unbranched alkanes of at least 4 members (excludes halogenated alkanes) is 2. The Hall–Kier alpha value is -2.25. The highest BCUT2D eigenvalue weighted by Crippen LogP contribution is 2.11. The molecule has 0 radical (unpaired) electrons. The van der Waals surface area contributed by atoms with Crippen molar-refractivity contribution in [3.05, 3.63) is 12.7 Å². The zero-order chi connectivity index (χ0) is 16.1. The molecule has 0 aliphatic carbocycles. The molecule has 1 atom stereocenters. The molecule has 0 aliphatic heterocycles. The van der Waals surface area contributed by atoms with E-state index in [1.54, 1.807) is 0 Å². The van der Waals surface area contributed by atoms with Crippen LogP contribution in [0.5, 0.6) is 0 Å². The molecule has 0 aromatic rings. The maximum atomic E-state index is 10.9. The molecule has 0 aliphatic rings.